The molecule has 1 aliphatic heterocycles. The van der Waals surface area contributed by atoms with Gasteiger partial charge in [0, 0.05) is 6.54 Å². The summed E-state index contributed by atoms with van der Waals surface area (Å²) in [5, 5.41) is 9.28. The molecule has 1 aromatic rings. The standard InChI is InChI=1S/C17H23NO4/c1-17(2,3)22-16(21)18-10-9-13(15(19)20)11-14(18)12-7-5-4-6-8-12/h4-8,13-14H,9-11H2,1-3H3,(H,19,20)/t13-,14+/m0/s1. The van der Waals surface area contributed by atoms with Crippen LogP contribution in [0.15, 0.2) is 30.3 Å². The van der Waals surface area contributed by atoms with E-state index in [1.54, 1.807) is 4.90 Å². The first kappa shape index (κ1) is 16.3. The summed E-state index contributed by atoms with van der Waals surface area (Å²) in [5.41, 5.74) is 0.376. The Kier molecular flexibility index (Phi) is 4.74. The van der Waals surface area contributed by atoms with Gasteiger partial charge in [-0.1, -0.05) is 30.3 Å². The molecule has 0 bridgehead atoms. The zero-order chi connectivity index (χ0) is 16.3. The number of ether oxygens (including phenoxy) is 1. The van der Waals surface area contributed by atoms with Crippen LogP contribution in [0.25, 0.3) is 0 Å². The zero-order valence-electron chi connectivity index (χ0n) is 13.3. The van der Waals surface area contributed by atoms with Crippen LogP contribution in [-0.4, -0.2) is 34.2 Å². The minimum atomic E-state index is -0.801. The van der Waals surface area contributed by atoms with Crippen molar-refractivity contribution in [3.8, 4) is 0 Å². The SMILES string of the molecule is CC(C)(C)OC(=O)N1CC[C@H](C(=O)O)C[C@@H]1c1ccccc1. The van der Waals surface area contributed by atoms with Crippen LogP contribution in [0.2, 0.25) is 0 Å². The van der Waals surface area contributed by atoms with Gasteiger partial charge in [0.25, 0.3) is 0 Å². The summed E-state index contributed by atoms with van der Waals surface area (Å²) in [6.07, 6.45) is 0.487. The van der Waals surface area contributed by atoms with Crippen LogP contribution in [0.5, 0.6) is 0 Å². The van der Waals surface area contributed by atoms with Crippen molar-refractivity contribution in [2.75, 3.05) is 6.54 Å². The fourth-order valence-corrected chi connectivity index (χ4v) is 2.72. The molecular formula is C17H23NO4. The van der Waals surface area contributed by atoms with E-state index in [1.807, 2.05) is 51.1 Å². The normalized spacial score (nSPS) is 22.2. The molecular weight excluding hydrogens is 282 g/mol. The van der Waals surface area contributed by atoms with Gasteiger partial charge in [0.15, 0.2) is 0 Å². The highest BCUT2D eigenvalue weighted by atomic mass is 16.6. The van der Waals surface area contributed by atoms with E-state index in [0.717, 1.165) is 5.56 Å². The van der Waals surface area contributed by atoms with Gasteiger partial charge in [0.05, 0.1) is 12.0 Å². The van der Waals surface area contributed by atoms with Gasteiger partial charge in [0.1, 0.15) is 5.60 Å². The summed E-state index contributed by atoms with van der Waals surface area (Å²) < 4.78 is 5.46. The lowest BCUT2D eigenvalue weighted by Crippen LogP contribution is -2.44. The second-order valence-electron chi connectivity index (χ2n) is 6.66. The molecule has 0 unspecified atom stereocenters. The lowest BCUT2D eigenvalue weighted by Gasteiger charge is -2.39. The van der Waals surface area contributed by atoms with Crippen molar-refractivity contribution in [1.82, 2.24) is 4.90 Å². The van der Waals surface area contributed by atoms with Crippen molar-refractivity contribution >= 4 is 12.1 Å². The average molecular weight is 305 g/mol. The second-order valence-corrected chi connectivity index (χ2v) is 6.66. The van der Waals surface area contributed by atoms with Gasteiger partial charge in [-0.25, -0.2) is 4.79 Å². The Bertz CT molecular complexity index is 535. The molecule has 120 valence electrons. The molecule has 0 saturated carbocycles. The summed E-state index contributed by atoms with van der Waals surface area (Å²) in [7, 11) is 0. The fraction of sp³-hybridized carbons (Fsp3) is 0.529. The molecule has 22 heavy (non-hydrogen) atoms. The summed E-state index contributed by atoms with van der Waals surface area (Å²) in [5.74, 6) is -1.23. The lowest BCUT2D eigenvalue weighted by molar-refractivity contribution is -0.144. The first-order valence-electron chi connectivity index (χ1n) is 7.55. The highest BCUT2D eigenvalue weighted by Crippen LogP contribution is 2.35. The quantitative estimate of drug-likeness (QED) is 0.908. The molecule has 0 spiro atoms. The van der Waals surface area contributed by atoms with E-state index in [0.29, 0.717) is 19.4 Å². The van der Waals surface area contributed by atoms with Crippen molar-refractivity contribution in [2.24, 2.45) is 5.92 Å². The highest BCUT2D eigenvalue weighted by molar-refractivity contribution is 5.72. The highest BCUT2D eigenvalue weighted by Gasteiger charge is 2.37. The summed E-state index contributed by atoms with van der Waals surface area (Å²) in [6.45, 7) is 5.87. The average Bonchev–Trinajstić information content (AvgIpc) is 2.45. The number of carboxylic acids is 1. The number of carboxylic acid groups (broad SMARTS) is 1. The van der Waals surface area contributed by atoms with E-state index in [2.05, 4.69) is 0 Å². The number of aliphatic carboxylic acids is 1. The van der Waals surface area contributed by atoms with Gasteiger partial charge >= 0.3 is 12.1 Å². The van der Waals surface area contributed by atoms with Gasteiger partial charge < -0.3 is 14.7 Å². The molecule has 0 aromatic heterocycles. The topological polar surface area (TPSA) is 66.8 Å². The number of amides is 1. The number of hydrogen-bond acceptors (Lipinski definition) is 3. The third-order valence-corrected chi connectivity index (χ3v) is 3.76. The number of carbonyl (C=O) groups is 2. The lowest BCUT2D eigenvalue weighted by atomic mass is 9.87. The molecule has 2 rings (SSSR count). The molecule has 0 aliphatic carbocycles. The molecule has 1 fully saturated rings. The Balaban J connectivity index is 2.23. The maximum absolute atomic E-state index is 12.4. The zero-order valence-corrected chi connectivity index (χ0v) is 13.3. The first-order chi connectivity index (χ1) is 10.3. The van der Waals surface area contributed by atoms with Crippen LogP contribution >= 0.6 is 0 Å². The Morgan fingerprint density at radius 1 is 1.23 bits per heavy atom. The van der Waals surface area contributed by atoms with E-state index >= 15 is 0 Å². The molecule has 5 heteroatoms. The van der Waals surface area contributed by atoms with Gasteiger partial charge in [-0.15, -0.1) is 0 Å². The molecule has 1 heterocycles. The largest absolute Gasteiger partial charge is 0.481 e. The smallest absolute Gasteiger partial charge is 0.410 e. The molecule has 5 nitrogen and oxygen atoms in total. The van der Waals surface area contributed by atoms with Crippen LogP contribution in [0.3, 0.4) is 0 Å². The van der Waals surface area contributed by atoms with Crippen molar-refractivity contribution < 1.29 is 19.4 Å². The minimum absolute atomic E-state index is 0.258. The number of hydrogen-bond donors (Lipinski definition) is 1. The van der Waals surface area contributed by atoms with Crippen LogP contribution in [0.1, 0.15) is 45.2 Å². The molecule has 1 saturated heterocycles. The second kappa shape index (κ2) is 6.38. The molecule has 2 atom stereocenters. The Morgan fingerprint density at radius 3 is 2.41 bits per heavy atom. The van der Waals surface area contributed by atoms with E-state index < -0.39 is 17.5 Å². The van der Waals surface area contributed by atoms with Gasteiger partial charge in [-0.3, -0.25) is 4.79 Å². The first-order valence-corrected chi connectivity index (χ1v) is 7.55. The molecule has 1 aliphatic rings. The molecule has 0 radical (unpaired) electrons. The number of benzene rings is 1. The minimum Gasteiger partial charge on any atom is -0.481 e. The Labute approximate surface area is 130 Å². The third-order valence-electron chi connectivity index (χ3n) is 3.76. The predicted molar refractivity (Wildman–Crippen MR) is 82.5 cm³/mol. The predicted octanol–water partition coefficient (Wildman–Crippen LogP) is 3.46. The summed E-state index contributed by atoms with van der Waals surface area (Å²) in [4.78, 5) is 25.4. The molecule has 1 N–H and O–H groups in total. The number of rotatable bonds is 2. The number of carbonyl (C=O) groups excluding carboxylic acids is 1. The molecule has 1 aromatic carbocycles. The van der Waals surface area contributed by atoms with Gasteiger partial charge in [0.2, 0.25) is 0 Å². The van der Waals surface area contributed by atoms with Crippen LogP contribution in [0.4, 0.5) is 4.79 Å². The third kappa shape index (κ3) is 4.00. The number of likely N-dealkylation sites (tertiary alicyclic amines) is 1. The number of piperidine rings is 1. The van der Waals surface area contributed by atoms with Crippen LogP contribution < -0.4 is 0 Å². The summed E-state index contributed by atoms with van der Waals surface area (Å²) >= 11 is 0. The van der Waals surface area contributed by atoms with Crippen molar-refractivity contribution in [3.63, 3.8) is 0 Å². The Hall–Kier alpha value is -2.04. The maximum atomic E-state index is 12.4. The maximum Gasteiger partial charge on any atom is 0.410 e. The van der Waals surface area contributed by atoms with Crippen LogP contribution in [-0.2, 0) is 9.53 Å². The monoisotopic (exact) mass is 305 g/mol. The number of nitrogens with zero attached hydrogens (tertiary/aromatic N) is 1. The van der Waals surface area contributed by atoms with Crippen molar-refractivity contribution in [1.29, 1.82) is 0 Å². The van der Waals surface area contributed by atoms with Crippen molar-refractivity contribution in [3.05, 3.63) is 35.9 Å². The van der Waals surface area contributed by atoms with E-state index in [1.165, 1.54) is 0 Å². The van der Waals surface area contributed by atoms with Crippen LogP contribution in [0, 0.1) is 5.92 Å². The fourth-order valence-electron chi connectivity index (χ4n) is 2.72. The molecule has 1 amide bonds. The van der Waals surface area contributed by atoms with Crippen molar-refractivity contribution in [2.45, 2.75) is 45.3 Å². The Morgan fingerprint density at radius 2 is 1.86 bits per heavy atom. The van der Waals surface area contributed by atoms with E-state index in [9.17, 15) is 14.7 Å². The summed E-state index contributed by atoms with van der Waals surface area (Å²) in [6, 6.07) is 9.28. The van der Waals surface area contributed by atoms with E-state index in [-0.39, 0.29) is 12.1 Å². The van der Waals surface area contributed by atoms with E-state index in [4.69, 9.17) is 4.74 Å². The van der Waals surface area contributed by atoms with Gasteiger partial charge in [-0.05, 0) is 39.2 Å². The van der Waals surface area contributed by atoms with Gasteiger partial charge in [-0.2, -0.15) is 0 Å².